The normalized spacial score (nSPS) is 13.7. The first-order chi connectivity index (χ1) is 15.5. The lowest BCUT2D eigenvalue weighted by atomic mass is 10.1. The van der Waals surface area contributed by atoms with Crippen molar-refractivity contribution in [1.29, 1.82) is 0 Å². The molecule has 32 heavy (non-hydrogen) atoms. The van der Waals surface area contributed by atoms with Crippen LogP contribution in [0.25, 0.3) is 0 Å². The van der Waals surface area contributed by atoms with Crippen LogP contribution in [0.2, 0.25) is 0 Å². The number of anilines is 2. The first-order valence-electron chi connectivity index (χ1n) is 9.88. The summed E-state index contributed by atoms with van der Waals surface area (Å²) in [4.78, 5) is 36.6. The van der Waals surface area contributed by atoms with Gasteiger partial charge in [0.2, 0.25) is 11.8 Å². The number of nitro groups is 1. The number of amides is 2. The highest BCUT2D eigenvalue weighted by Gasteiger charge is 2.17. The largest absolute Gasteiger partial charge is 0.378 e. The van der Waals surface area contributed by atoms with Crippen molar-refractivity contribution in [3.8, 4) is 0 Å². The van der Waals surface area contributed by atoms with Gasteiger partial charge in [-0.05, 0) is 18.2 Å². The van der Waals surface area contributed by atoms with E-state index in [0.29, 0.717) is 37.6 Å². The molecule has 0 aromatic heterocycles. The molecular formula is C21H23N5O5S. The van der Waals surface area contributed by atoms with E-state index in [1.54, 1.807) is 18.2 Å². The minimum absolute atomic E-state index is 0.0464. The number of carbonyl (C=O) groups is 2. The van der Waals surface area contributed by atoms with Crippen molar-refractivity contribution in [2.24, 2.45) is 5.10 Å². The second kappa shape index (κ2) is 11.8. The molecule has 1 fully saturated rings. The number of nitrogens with one attached hydrogen (secondary N) is 2. The van der Waals surface area contributed by atoms with Gasteiger partial charge in [-0.25, -0.2) is 5.43 Å². The number of ether oxygens (including phenoxy) is 1. The molecule has 2 amide bonds. The highest BCUT2D eigenvalue weighted by atomic mass is 32.2. The number of morpholine rings is 1. The number of non-ortho nitro benzene ring substituents is 1. The van der Waals surface area contributed by atoms with Gasteiger partial charge >= 0.3 is 0 Å². The molecule has 2 aromatic rings. The molecule has 0 bridgehead atoms. The molecule has 0 spiro atoms. The predicted molar refractivity (Wildman–Crippen MR) is 124 cm³/mol. The van der Waals surface area contributed by atoms with Gasteiger partial charge in [0.1, 0.15) is 0 Å². The second-order valence-corrected chi connectivity index (χ2v) is 7.79. The van der Waals surface area contributed by atoms with Crippen LogP contribution in [0.4, 0.5) is 17.1 Å². The Morgan fingerprint density at radius 2 is 1.84 bits per heavy atom. The number of para-hydroxylation sites is 1. The molecule has 0 atom stereocenters. The maximum absolute atomic E-state index is 12.0. The summed E-state index contributed by atoms with van der Waals surface area (Å²) in [6.45, 7) is 2.46. The maximum Gasteiger partial charge on any atom is 0.270 e. The molecule has 11 heteroatoms. The third-order valence-corrected chi connectivity index (χ3v) is 5.42. The van der Waals surface area contributed by atoms with Gasteiger partial charge in [-0.3, -0.25) is 19.7 Å². The lowest BCUT2D eigenvalue weighted by Gasteiger charge is -2.29. The molecule has 3 rings (SSSR count). The zero-order chi connectivity index (χ0) is 22.8. The summed E-state index contributed by atoms with van der Waals surface area (Å²) in [6.07, 6.45) is 1.39. The Bertz CT molecular complexity index is 980. The average molecular weight is 458 g/mol. The second-order valence-electron chi connectivity index (χ2n) is 6.80. The lowest BCUT2D eigenvalue weighted by Crippen LogP contribution is -2.36. The van der Waals surface area contributed by atoms with Crippen LogP contribution in [0, 0.1) is 10.1 Å². The van der Waals surface area contributed by atoms with Crippen LogP contribution in [-0.4, -0.2) is 60.8 Å². The highest BCUT2D eigenvalue weighted by molar-refractivity contribution is 8.00. The van der Waals surface area contributed by atoms with Crippen LogP contribution in [0.15, 0.2) is 53.6 Å². The van der Waals surface area contributed by atoms with Gasteiger partial charge in [-0.2, -0.15) is 5.10 Å². The number of nitrogens with zero attached hydrogens (tertiary/aromatic N) is 3. The predicted octanol–water partition coefficient (Wildman–Crippen LogP) is 2.25. The van der Waals surface area contributed by atoms with Crippen molar-refractivity contribution >= 4 is 46.9 Å². The van der Waals surface area contributed by atoms with E-state index in [1.165, 1.54) is 18.3 Å². The number of hydrogen-bond donors (Lipinski definition) is 2. The number of hydrogen-bond acceptors (Lipinski definition) is 8. The Labute approximate surface area is 189 Å². The monoisotopic (exact) mass is 457 g/mol. The van der Waals surface area contributed by atoms with E-state index in [1.807, 2.05) is 18.2 Å². The van der Waals surface area contributed by atoms with Gasteiger partial charge in [0.15, 0.2) is 0 Å². The molecule has 2 N–H and O–H groups in total. The number of benzene rings is 2. The van der Waals surface area contributed by atoms with E-state index in [4.69, 9.17) is 4.74 Å². The highest BCUT2D eigenvalue weighted by Crippen LogP contribution is 2.25. The zero-order valence-corrected chi connectivity index (χ0v) is 18.0. The van der Waals surface area contributed by atoms with Crippen LogP contribution >= 0.6 is 11.8 Å². The minimum Gasteiger partial charge on any atom is -0.378 e. The summed E-state index contributed by atoms with van der Waals surface area (Å²) < 4.78 is 5.35. The fourth-order valence-electron chi connectivity index (χ4n) is 3.01. The Kier molecular flexibility index (Phi) is 8.58. The summed E-state index contributed by atoms with van der Waals surface area (Å²) >= 11 is 1.16. The molecule has 1 aliphatic rings. The van der Waals surface area contributed by atoms with E-state index in [2.05, 4.69) is 20.7 Å². The van der Waals surface area contributed by atoms with E-state index < -0.39 is 4.92 Å². The molecule has 1 aliphatic heterocycles. The molecule has 0 aliphatic carbocycles. The first-order valence-corrected chi connectivity index (χ1v) is 11.0. The molecule has 10 nitrogen and oxygen atoms in total. The molecule has 1 heterocycles. The van der Waals surface area contributed by atoms with Gasteiger partial charge < -0.3 is 15.0 Å². The fraction of sp³-hybridized carbons (Fsp3) is 0.286. The summed E-state index contributed by atoms with van der Waals surface area (Å²) in [6, 6.07) is 13.6. The van der Waals surface area contributed by atoms with Crippen molar-refractivity contribution in [3.05, 3.63) is 64.2 Å². The van der Waals surface area contributed by atoms with Crippen LogP contribution in [-0.2, 0) is 14.3 Å². The van der Waals surface area contributed by atoms with Crippen molar-refractivity contribution in [3.63, 3.8) is 0 Å². The topological polar surface area (TPSA) is 126 Å². The van der Waals surface area contributed by atoms with Crippen molar-refractivity contribution in [2.75, 3.05) is 48.0 Å². The van der Waals surface area contributed by atoms with Crippen LogP contribution in [0.1, 0.15) is 5.56 Å². The summed E-state index contributed by atoms with van der Waals surface area (Å²) in [5.41, 5.74) is 4.34. The van der Waals surface area contributed by atoms with Crippen LogP contribution < -0.4 is 15.6 Å². The van der Waals surface area contributed by atoms with E-state index >= 15 is 0 Å². The van der Waals surface area contributed by atoms with Gasteiger partial charge in [-0.1, -0.05) is 18.2 Å². The smallest absolute Gasteiger partial charge is 0.270 e. The Morgan fingerprint density at radius 3 is 2.56 bits per heavy atom. The van der Waals surface area contributed by atoms with Crippen molar-refractivity contribution < 1.29 is 19.2 Å². The first kappa shape index (κ1) is 23.2. The SMILES string of the molecule is O=C(CSCC(=O)Nc1ccccc1)N/N=C/c1cc([N+](=O)[O-])ccc1N1CCOCC1. The Hall–Kier alpha value is -3.44. The number of thioether (sulfide) groups is 1. The number of nitro benzene ring substituents is 1. The van der Waals surface area contributed by atoms with E-state index in [9.17, 15) is 19.7 Å². The number of hydrazone groups is 1. The third-order valence-electron chi connectivity index (χ3n) is 4.49. The Morgan fingerprint density at radius 1 is 1.12 bits per heavy atom. The molecule has 0 radical (unpaired) electrons. The van der Waals surface area contributed by atoms with Crippen LogP contribution in [0.5, 0.6) is 0 Å². The van der Waals surface area contributed by atoms with Crippen molar-refractivity contribution in [2.45, 2.75) is 0 Å². The lowest BCUT2D eigenvalue weighted by molar-refractivity contribution is -0.384. The third kappa shape index (κ3) is 7.06. The van der Waals surface area contributed by atoms with Gasteiger partial charge in [0.25, 0.3) is 5.69 Å². The molecule has 0 saturated carbocycles. The summed E-state index contributed by atoms with van der Waals surface area (Å²) in [5, 5.41) is 17.8. The zero-order valence-electron chi connectivity index (χ0n) is 17.2. The molecule has 2 aromatic carbocycles. The average Bonchev–Trinajstić information content (AvgIpc) is 2.80. The van der Waals surface area contributed by atoms with Gasteiger partial charge in [0.05, 0.1) is 35.9 Å². The minimum atomic E-state index is -0.476. The summed E-state index contributed by atoms with van der Waals surface area (Å²) in [5.74, 6) is -0.413. The maximum atomic E-state index is 12.0. The summed E-state index contributed by atoms with van der Waals surface area (Å²) in [7, 11) is 0. The van der Waals surface area contributed by atoms with Crippen molar-refractivity contribution in [1.82, 2.24) is 5.43 Å². The van der Waals surface area contributed by atoms with Gasteiger partial charge in [0, 0.05) is 42.2 Å². The molecule has 168 valence electrons. The quantitative estimate of drug-likeness (QED) is 0.336. The number of rotatable bonds is 9. The van der Waals surface area contributed by atoms with Gasteiger partial charge in [-0.15, -0.1) is 11.8 Å². The Balaban J connectivity index is 1.51. The molecular weight excluding hydrogens is 434 g/mol. The number of carbonyl (C=O) groups excluding carboxylic acids is 2. The standard InChI is InChI=1S/C21H23N5O5S/c27-20(23-17-4-2-1-3-5-17)14-32-15-21(28)24-22-13-16-12-18(26(29)30)6-7-19(16)25-8-10-31-11-9-25/h1-7,12-13H,8-11,14-15H2,(H,23,27)(H,24,28)/b22-13+. The molecule has 0 unspecified atom stereocenters. The fourth-order valence-corrected chi connectivity index (χ4v) is 3.62. The molecule has 1 saturated heterocycles. The van der Waals surface area contributed by atoms with Crippen LogP contribution in [0.3, 0.4) is 0 Å². The van der Waals surface area contributed by atoms with E-state index in [0.717, 1.165) is 17.4 Å². The van der Waals surface area contributed by atoms with E-state index in [-0.39, 0.29) is 29.0 Å².